The van der Waals surface area contributed by atoms with Gasteiger partial charge in [-0.15, -0.1) is 0 Å². The molecule has 2 aliphatic heterocycles. The highest BCUT2D eigenvalue weighted by Crippen LogP contribution is 2.41. The number of benzene rings is 1. The maximum Gasteiger partial charge on any atom is 0.0468 e. The summed E-state index contributed by atoms with van der Waals surface area (Å²) in [6.07, 6.45) is 6.62. The van der Waals surface area contributed by atoms with Crippen LogP contribution < -0.4 is 0 Å². The summed E-state index contributed by atoms with van der Waals surface area (Å²) in [5.41, 5.74) is 1.27. The molecule has 2 heterocycles. The molecule has 2 aliphatic rings. The van der Waals surface area contributed by atoms with E-state index in [-0.39, 0.29) is 0 Å². The highest BCUT2D eigenvalue weighted by atomic mass is 35.5. The van der Waals surface area contributed by atoms with Gasteiger partial charge in [-0.2, -0.15) is 0 Å². The van der Waals surface area contributed by atoms with E-state index in [9.17, 15) is 0 Å². The van der Waals surface area contributed by atoms with Gasteiger partial charge in [-0.05, 0) is 56.3 Å². The first-order valence-electron chi connectivity index (χ1n) is 6.46. The fraction of sp³-hybridized carbons (Fsp3) is 0.571. The second-order valence-electron chi connectivity index (χ2n) is 5.15. The number of piperidine rings is 1. The number of nitrogens with zero attached hydrogens (tertiary/aromatic N) is 1. The van der Waals surface area contributed by atoms with Crippen molar-refractivity contribution in [1.29, 1.82) is 0 Å². The molecule has 92 valence electrons. The molecule has 2 unspecified atom stereocenters. The standard InChI is InChI=1S/C14H17Cl2N/c15-10-6-7-12(13(16)9-10)14-5-1-3-11-4-2-8-17(11)14/h6-7,9,11,14H,1-5,8H2. The minimum atomic E-state index is 0.515. The Kier molecular flexibility index (Phi) is 3.34. The monoisotopic (exact) mass is 269 g/mol. The number of fused-ring (bicyclic) bond motifs is 1. The van der Waals surface area contributed by atoms with Crippen molar-refractivity contribution < 1.29 is 0 Å². The van der Waals surface area contributed by atoms with Crippen molar-refractivity contribution in [2.45, 2.75) is 44.2 Å². The Labute approximate surface area is 113 Å². The summed E-state index contributed by atoms with van der Waals surface area (Å²) >= 11 is 12.3. The average molecular weight is 270 g/mol. The highest BCUT2D eigenvalue weighted by Gasteiger charge is 2.35. The Morgan fingerprint density at radius 2 is 1.88 bits per heavy atom. The smallest absolute Gasteiger partial charge is 0.0468 e. The van der Waals surface area contributed by atoms with Crippen LogP contribution in [-0.2, 0) is 0 Å². The van der Waals surface area contributed by atoms with E-state index < -0.39 is 0 Å². The van der Waals surface area contributed by atoms with Gasteiger partial charge in [-0.3, -0.25) is 4.90 Å². The Bertz CT molecular complexity index is 419. The van der Waals surface area contributed by atoms with Crippen LogP contribution in [0.2, 0.25) is 10.0 Å². The van der Waals surface area contributed by atoms with Crippen LogP contribution in [0.15, 0.2) is 18.2 Å². The lowest BCUT2D eigenvalue weighted by molar-refractivity contribution is 0.123. The summed E-state index contributed by atoms with van der Waals surface area (Å²) in [6.45, 7) is 1.23. The van der Waals surface area contributed by atoms with Crippen molar-refractivity contribution in [1.82, 2.24) is 4.90 Å². The molecule has 1 nitrogen and oxygen atoms in total. The number of hydrogen-bond acceptors (Lipinski definition) is 1. The molecule has 0 aliphatic carbocycles. The summed E-state index contributed by atoms with van der Waals surface area (Å²) in [7, 11) is 0. The summed E-state index contributed by atoms with van der Waals surface area (Å²) in [6, 6.07) is 7.25. The normalized spacial score (nSPS) is 29.3. The van der Waals surface area contributed by atoms with Gasteiger partial charge in [0.25, 0.3) is 0 Å². The molecular weight excluding hydrogens is 253 g/mol. The zero-order chi connectivity index (χ0) is 11.8. The van der Waals surface area contributed by atoms with Crippen LogP contribution in [0.3, 0.4) is 0 Å². The quantitative estimate of drug-likeness (QED) is 0.716. The molecule has 0 radical (unpaired) electrons. The zero-order valence-corrected chi connectivity index (χ0v) is 11.3. The Morgan fingerprint density at radius 1 is 1.06 bits per heavy atom. The van der Waals surface area contributed by atoms with Gasteiger partial charge in [0, 0.05) is 22.1 Å². The number of hydrogen-bond donors (Lipinski definition) is 0. The minimum Gasteiger partial charge on any atom is -0.293 e. The van der Waals surface area contributed by atoms with Gasteiger partial charge in [0.1, 0.15) is 0 Å². The first-order chi connectivity index (χ1) is 8.25. The van der Waals surface area contributed by atoms with Gasteiger partial charge in [-0.1, -0.05) is 29.3 Å². The van der Waals surface area contributed by atoms with Crippen molar-refractivity contribution in [3.63, 3.8) is 0 Å². The minimum absolute atomic E-state index is 0.515. The molecule has 2 atom stereocenters. The lowest BCUT2D eigenvalue weighted by Gasteiger charge is -2.38. The predicted octanol–water partition coefficient (Wildman–Crippen LogP) is 4.68. The lowest BCUT2D eigenvalue weighted by Crippen LogP contribution is -2.37. The van der Waals surface area contributed by atoms with Crippen molar-refractivity contribution in [3.05, 3.63) is 33.8 Å². The molecule has 17 heavy (non-hydrogen) atoms. The van der Waals surface area contributed by atoms with Crippen LogP contribution in [0.4, 0.5) is 0 Å². The lowest BCUT2D eigenvalue weighted by atomic mass is 9.92. The summed E-state index contributed by atoms with van der Waals surface area (Å²) in [5.74, 6) is 0. The van der Waals surface area contributed by atoms with Crippen LogP contribution in [0.1, 0.15) is 43.7 Å². The first kappa shape index (κ1) is 11.8. The summed E-state index contributed by atoms with van der Waals surface area (Å²) < 4.78 is 0. The summed E-state index contributed by atoms with van der Waals surface area (Å²) in [5, 5.41) is 1.56. The van der Waals surface area contributed by atoms with Crippen molar-refractivity contribution in [2.75, 3.05) is 6.54 Å². The summed E-state index contributed by atoms with van der Waals surface area (Å²) in [4.78, 5) is 2.65. The largest absolute Gasteiger partial charge is 0.293 e. The molecule has 1 aromatic rings. The topological polar surface area (TPSA) is 3.24 Å². The third kappa shape index (κ3) is 2.21. The van der Waals surface area contributed by atoms with Crippen LogP contribution in [-0.4, -0.2) is 17.5 Å². The van der Waals surface area contributed by atoms with Crippen LogP contribution >= 0.6 is 23.2 Å². The molecule has 3 rings (SSSR count). The fourth-order valence-corrected chi connectivity index (χ4v) is 3.93. The van der Waals surface area contributed by atoms with Gasteiger partial charge >= 0.3 is 0 Å². The van der Waals surface area contributed by atoms with E-state index in [0.717, 1.165) is 16.1 Å². The van der Waals surface area contributed by atoms with Gasteiger partial charge in [-0.25, -0.2) is 0 Å². The van der Waals surface area contributed by atoms with Crippen molar-refractivity contribution >= 4 is 23.2 Å². The van der Waals surface area contributed by atoms with Gasteiger partial charge < -0.3 is 0 Å². The van der Waals surface area contributed by atoms with Gasteiger partial charge in [0.15, 0.2) is 0 Å². The third-order valence-corrected chi connectivity index (χ3v) is 4.72. The number of rotatable bonds is 1. The first-order valence-corrected chi connectivity index (χ1v) is 7.22. The Morgan fingerprint density at radius 3 is 2.71 bits per heavy atom. The molecule has 0 spiro atoms. The maximum atomic E-state index is 6.34. The molecule has 2 saturated heterocycles. The second-order valence-corrected chi connectivity index (χ2v) is 5.99. The molecular formula is C14H17Cl2N. The fourth-order valence-electron chi connectivity index (χ4n) is 3.40. The molecule has 0 aromatic heterocycles. The molecule has 1 aromatic carbocycles. The van der Waals surface area contributed by atoms with E-state index in [1.54, 1.807) is 0 Å². The Balaban J connectivity index is 1.91. The van der Waals surface area contributed by atoms with E-state index >= 15 is 0 Å². The van der Waals surface area contributed by atoms with Crippen LogP contribution in [0.5, 0.6) is 0 Å². The van der Waals surface area contributed by atoms with E-state index in [4.69, 9.17) is 23.2 Å². The van der Waals surface area contributed by atoms with Crippen LogP contribution in [0, 0.1) is 0 Å². The highest BCUT2D eigenvalue weighted by molar-refractivity contribution is 6.35. The van der Waals surface area contributed by atoms with E-state index in [0.29, 0.717) is 6.04 Å². The van der Waals surface area contributed by atoms with Gasteiger partial charge in [0.05, 0.1) is 0 Å². The SMILES string of the molecule is Clc1ccc(C2CCCC3CCCN32)c(Cl)c1. The molecule has 0 N–H and O–H groups in total. The van der Waals surface area contributed by atoms with Crippen molar-refractivity contribution in [2.24, 2.45) is 0 Å². The second kappa shape index (κ2) is 4.79. The number of halogens is 2. The molecule has 3 heteroatoms. The molecule has 0 saturated carbocycles. The van der Waals surface area contributed by atoms with Gasteiger partial charge in [0.2, 0.25) is 0 Å². The maximum absolute atomic E-state index is 6.34. The molecule has 0 amide bonds. The van der Waals surface area contributed by atoms with E-state index in [1.165, 1.54) is 44.2 Å². The zero-order valence-electron chi connectivity index (χ0n) is 9.83. The van der Waals surface area contributed by atoms with Crippen molar-refractivity contribution in [3.8, 4) is 0 Å². The Hall–Kier alpha value is -0.240. The van der Waals surface area contributed by atoms with E-state index in [1.807, 2.05) is 12.1 Å². The molecule has 0 bridgehead atoms. The predicted molar refractivity (Wildman–Crippen MR) is 72.8 cm³/mol. The van der Waals surface area contributed by atoms with Crippen LogP contribution in [0.25, 0.3) is 0 Å². The average Bonchev–Trinajstić information content (AvgIpc) is 2.77. The third-order valence-electron chi connectivity index (χ3n) is 4.16. The van der Waals surface area contributed by atoms with E-state index in [2.05, 4.69) is 11.0 Å². The molecule has 2 fully saturated rings.